The number of amides is 1. The molecule has 0 aliphatic rings. The Hall–Kier alpha value is -2.52. The molecule has 0 aliphatic carbocycles. The van der Waals surface area contributed by atoms with E-state index < -0.39 is 9.84 Å². The Morgan fingerprint density at radius 2 is 1.69 bits per heavy atom. The van der Waals surface area contributed by atoms with Crippen molar-refractivity contribution in [3.05, 3.63) is 66.2 Å². The van der Waals surface area contributed by atoms with E-state index in [0.29, 0.717) is 29.3 Å². The van der Waals surface area contributed by atoms with Crippen LogP contribution >= 0.6 is 23.7 Å². The fraction of sp³-hybridized carbons (Fsp3) is 0.217. The number of sulfone groups is 1. The number of rotatable bonds is 6. The Balaban J connectivity index is 0.00000289. The summed E-state index contributed by atoms with van der Waals surface area (Å²) < 4.78 is 24.6. The van der Waals surface area contributed by atoms with Crippen LogP contribution in [0, 0.1) is 0 Å². The summed E-state index contributed by atoms with van der Waals surface area (Å²) in [5, 5.41) is 2.64. The summed E-state index contributed by atoms with van der Waals surface area (Å²) in [5.41, 5.74) is 1.27. The summed E-state index contributed by atoms with van der Waals surface area (Å²) in [7, 11) is 0.592. The summed E-state index contributed by atoms with van der Waals surface area (Å²) in [6.07, 6.45) is 1.18. The third-order valence-electron chi connectivity index (χ3n) is 5.02. The molecule has 0 saturated carbocycles. The number of carbonyl (C=O) groups excluding carboxylic acids is 1. The van der Waals surface area contributed by atoms with E-state index in [0.717, 1.165) is 15.5 Å². The minimum Gasteiger partial charge on any atom is -0.308 e. The Morgan fingerprint density at radius 3 is 2.38 bits per heavy atom. The molecule has 3 aromatic carbocycles. The molecule has 0 saturated heterocycles. The molecule has 168 valence electrons. The van der Waals surface area contributed by atoms with Crippen LogP contribution in [-0.4, -0.2) is 57.6 Å². The summed E-state index contributed by atoms with van der Waals surface area (Å²) in [6, 6.07) is 18.5. The number of likely N-dealkylation sites (N-methyl/N-ethyl adjacent to an activating group) is 1. The van der Waals surface area contributed by atoms with Crippen LogP contribution in [-0.2, 0) is 9.84 Å². The molecule has 0 aliphatic heterocycles. The van der Waals surface area contributed by atoms with Gasteiger partial charge in [0.1, 0.15) is 0 Å². The van der Waals surface area contributed by atoms with Crippen LogP contribution < -0.4 is 4.90 Å². The van der Waals surface area contributed by atoms with Crippen LogP contribution in [0.15, 0.2) is 65.6 Å². The third-order valence-corrected chi connectivity index (χ3v) is 7.17. The monoisotopic (exact) mass is 489 g/mol. The molecule has 0 unspecified atom stereocenters. The molecular formula is C23H24ClN3O3S2. The van der Waals surface area contributed by atoms with E-state index in [4.69, 9.17) is 0 Å². The van der Waals surface area contributed by atoms with Crippen LogP contribution in [0.25, 0.3) is 21.0 Å². The number of fused-ring (bicyclic) bond motifs is 2. The van der Waals surface area contributed by atoms with Gasteiger partial charge in [-0.05, 0) is 55.2 Å². The standard InChI is InChI=1S/C23H23N3O3S2.ClH/c1-25(2)12-13-26(22(27)18-9-8-16-6-4-5-7-17(16)14-18)23-24-20-11-10-19(31(3,28)29)15-21(20)30-23;/h4-11,14-15H,12-13H2,1-3H3;1H. The van der Waals surface area contributed by atoms with E-state index in [1.807, 2.05) is 61.5 Å². The first-order chi connectivity index (χ1) is 14.7. The van der Waals surface area contributed by atoms with Crippen LogP contribution in [0.2, 0.25) is 0 Å². The number of hydrogen-bond donors (Lipinski definition) is 0. The highest BCUT2D eigenvalue weighted by molar-refractivity contribution is 7.90. The van der Waals surface area contributed by atoms with Crippen molar-refractivity contribution in [2.24, 2.45) is 0 Å². The van der Waals surface area contributed by atoms with Gasteiger partial charge >= 0.3 is 0 Å². The maximum Gasteiger partial charge on any atom is 0.260 e. The van der Waals surface area contributed by atoms with Gasteiger partial charge in [-0.1, -0.05) is 41.7 Å². The number of benzene rings is 3. The van der Waals surface area contributed by atoms with E-state index in [2.05, 4.69) is 4.98 Å². The largest absolute Gasteiger partial charge is 0.308 e. The van der Waals surface area contributed by atoms with Crippen molar-refractivity contribution >= 4 is 65.6 Å². The molecule has 0 radical (unpaired) electrons. The van der Waals surface area contributed by atoms with Crippen molar-refractivity contribution in [3.8, 4) is 0 Å². The fourth-order valence-electron chi connectivity index (χ4n) is 3.30. The van der Waals surface area contributed by atoms with Gasteiger partial charge in [0.2, 0.25) is 0 Å². The molecule has 4 rings (SSSR count). The molecule has 1 amide bonds. The summed E-state index contributed by atoms with van der Waals surface area (Å²) in [6.45, 7) is 1.14. The van der Waals surface area contributed by atoms with E-state index in [-0.39, 0.29) is 23.2 Å². The number of aromatic nitrogens is 1. The van der Waals surface area contributed by atoms with Gasteiger partial charge < -0.3 is 4.90 Å². The molecule has 6 nitrogen and oxygen atoms in total. The highest BCUT2D eigenvalue weighted by Gasteiger charge is 2.22. The molecule has 1 aromatic heterocycles. The average molecular weight is 490 g/mol. The van der Waals surface area contributed by atoms with Crippen LogP contribution in [0.5, 0.6) is 0 Å². The second-order valence-corrected chi connectivity index (χ2v) is 10.7. The summed E-state index contributed by atoms with van der Waals surface area (Å²) >= 11 is 1.32. The number of thiazole rings is 1. The molecular weight excluding hydrogens is 466 g/mol. The second kappa shape index (κ2) is 9.54. The SMILES string of the molecule is CN(C)CCN(C(=O)c1ccc2ccccc2c1)c1nc2ccc(S(C)(=O)=O)cc2s1.Cl. The lowest BCUT2D eigenvalue weighted by atomic mass is 10.1. The first-order valence-electron chi connectivity index (χ1n) is 9.78. The van der Waals surface area contributed by atoms with Gasteiger partial charge in [0.05, 0.1) is 15.1 Å². The minimum atomic E-state index is -3.32. The van der Waals surface area contributed by atoms with Gasteiger partial charge in [0.15, 0.2) is 15.0 Å². The average Bonchev–Trinajstić information content (AvgIpc) is 3.15. The molecule has 0 spiro atoms. The van der Waals surface area contributed by atoms with Crippen LogP contribution in [0.1, 0.15) is 10.4 Å². The van der Waals surface area contributed by atoms with Gasteiger partial charge in [-0.2, -0.15) is 0 Å². The van der Waals surface area contributed by atoms with E-state index in [1.165, 1.54) is 17.6 Å². The normalized spacial score (nSPS) is 11.6. The molecule has 0 bridgehead atoms. The molecule has 0 N–H and O–H groups in total. The highest BCUT2D eigenvalue weighted by Crippen LogP contribution is 2.31. The van der Waals surface area contributed by atoms with Crippen molar-refractivity contribution in [2.45, 2.75) is 4.90 Å². The Morgan fingerprint density at radius 1 is 0.969 bits per heavy atom. The van der Waals surface area contributed by atoms with Crippen molar-refractivity contribution < 1.29 is 13.2 Å². The number of carbonyl (C=O) groups is 1. The molecule has 1 heterocycles. The predicted molar refractivity (Wildman–Crippen MR) is 134 cm³/mol. The van der Waals surface area contributed by atoms with Gasteiger partial charge in [0, 0.05) is 24.9 Å². The number of nitrogens with zero attached hydrogens (tertiary/aromatic N) is 3. The maximum atomic E-state index is 13.5. The molecule has 0 atom stereocenters. The number of hydrogen-bond acceptors (Lipinski definition) is 6. The van der Waals surface area contributed by atoms with Crippen LogP contribution in [0.3, 0.4) is 0 Å². The minimum absolute atomic E-state index is 0. The zero-order valence-corrected chi connectivity index (χ0v) is 20.4. The van der Waals surface area contributed by atoms with Crippen molar-refractivity contribution in [3.63, 3.8) is 0 Å². The predicted octanol–water partition coefficient (Wildman–Crippen LogP) is 4.48. The Kier molecular flexibility index (Phi) is 7.19. The quantitative estimate of drug-likeness (QED) is 0.399. The molecule has 0 fully saturated rings. The maximum absolute atomic E-state index is 13.5. The summed E-state index contributed by atoms with van der Waals surface area (Å²) in [4.78, 5) is 22.0. The van der Waals surface area contributed by atoms with E-state index >= 15 is 0 Å². The molecule has 9 heteroatoms. The lowest BCUT2D eigenvalue weighted by Gasteiger charge is -2.22. The van der Waals surface area contributed by atoms with Gasteiger partial charge in [-0.3, -0.25) is 9.69 Å². The van der Waals surface area contributed by atoms with Crippen molar-refractivity contribution in [1.29, 1.82) is 0 Å². The number of halogens is 1. The van der Waals surface area contributed by atoms with Crippen LogP contribution in [0.4, 0.5) is 5.13 Å². The number of anilines is 1. The zero-order chi connectivity index (χ0) is 22.2. The van der Waals surface area contributed by atoms with Crippen molar-refractivity contribution in [2.75, 3.05) is 38.3 Å². The Bertz CT molecular complexity index is 1380. The fourth-order valence-corrected chi connectivity index (χ4v) is 5.05. The third kappa shape index (κ3) is 5.10. The molecule has 32 heavy (non-hydrogen) atoms. The Labute approximate surface area is 197 Å². The van der Waals surface area contributed by atoms with Gasteiger partial charge in [0.25, 0.3) is 5.91 Å². The zero-order valence-electron chi connectivity index (χ0n) is 18.0. The van der Waals surface area contributed by atoms with Gasteiger partial charge in [-0.15, -0.1) is 12.4 Å². The topological polar surface area (TPSA) is 70.6 Å². The highest BCUT2D eigenvalue weighted by atomic mass is 35.5. The lowest BCUT2D eigenvalue weighted by Crippen LogP contribution is -2.36. The lowest BCUT2D eigenvalue weighted by molar-refractivity contribution is 0.0985. The van der Waals surface area contributed by atoms with Crippen molar-refractivity contribution in [1.82, 2.24) is 9.88 Å². The van der Waals surface area contributed by atoms with Gasteiger partial charge in [-0.25, -0.2) is 13.4 Å². The van der Waals surface area contributed by atoms with E-state index in [1.54, 1.807) is 23.1 Å². The first-order valence-corrected chi connectivity index (χ1v) is 12.5. The first kappa shape index (κ1) is 24.1. The second-order valence-electron chi connectivity index (χ2n) is 7.72. The smallest absolute Gasteiger partial charge is 0.260 e. The van der Waals surface area contributed by atoms with E-state index in [9.17, 15) is 13.2 Å². The summed E-state index contributed by atoms with van der Waals surface area (Å²) in [5.74, 6) is -0.130. The molecule has 4 aromatic rings.